The number of hydrogen-bond donors (Lipinski definition) is 1. The molecule has 2 N–H and O–H groups in total. The zero-order chi connectivity index (χ0) is 12.6. The second-order valence-corrected chi connectivity index (χ2v) is 4.54. The summed E-state index contributed by atoms with van der Waals surface area (Å²) in [6, 6.07) is 6.14. The van der Waals surface area contributed by atoms with Gasteiger partial charge in [-0.3, -0.25) is 9.78 Å². The van der Waals surface area contributed by atoms with Gasteiger partial charge in [0.15, 0.2) is 0 Å². The Morgan fingerprint density at radius 2 is 1.94 bits per heavy atom. The Kier molecular flexibility index (Phi) is 2.84. The summed E-state index contributed by atoms with van der Waals surface area (Å²) in [6.45, 7) is 6.04. The summed E-state index contributed by atoms with van der Waals surface area (Å²) < 4.78 is 0. The van der Waals surface area contributed by atoms with Crippen LogP contribution < -0.4 is 5.73 Å². The summed E-state index contributed by atoms with van der Waals surface area (Å²) in [6.07, 6.45) is 0.244. The number of carbonyl (C=O) groups excluding carboxylic acids is 1. The van der Waals surface area contributed by atoms with Crippen LogP contribution in [0.15, 0.2) is 18.2 Å². The van der Waals surface area contributed by atoms with Crippen molar-refractivity contribution in [2.75, 3.05) is 0 Å². The second-order valence-electron chi connectivity index (χ2n) is 4.54. The van der Waals surface area contributed by atoms with Gasteiger partial charge >= 0.3 is 0 Å². The quantitative estimate of drug-likeness (QED) is 0.856. The summed E-state index contributed by atoms with van der Waals surface area (Å²) in [5, 5.41) is 1.10. The first kappa shape index (κ1) is 11.6. The number of amides is 1. The number of nitrogens with zero attached hydrogens (tertiary/aromatic N) is 1. The maximum Gasteiger partial charge on any atom is 0.221 e. The van der Waals surface area contributed by atoms with E-state index in [4.69, 9.17) is 5.73 Å². The lowest BCUT2D eigenvalue weighted by Crippen LogP contribution is -2.14. The van der Waals surface area contributed by atoms with Crippen LogP contribution >= 0.6 is 0 Å². The number of nitrogens with two attached hydrogens (primary N) is 1. The first-order chi connectivity index (χ1) is 7.97. The average Bonchev–Trinajstić information content (AvgIpc) is 2.19. The van der Waals surface area contributed by atoms with Crippen LogP contribution in [0, 0.1) is 20.8 Å². The number of pyridine rings is 1. The number of aryl methyl sites for hydroxylation is 3. The monoisotopic (exact) mass is 228 g/mol. The minimum Gasteiger partial charge on any atom is -0.369 e. The third-order valence-corrected chi connectivity index (χ3v) is 2.84. The Hall–Kier alpha value is -1.90. The Bertz CT molecular complexity index is 603. The van der Waals surface area contributed by atoms with Crippen LogP contribution in [-0.2, 0) is 11.2 Å². The van der Waals surface area contributed by atoms with Crippen molar-refractivity contribution in [1.29, 1.82) is 0 Å². The number of primary amides is 1. The molecule has 2 aromatic rings. The van der Waals surface area contributed by atoms with Crippen molar-refractivity contribution >= 4 is 16.8 Å². The van der Waals surface area contributed by atoms with E-state index in [9.17, 15) is 4.79 Å². The van der Waals surface area contributed by atoms with Gasteiger partial charge in [-0.15, -0.1) is 0 Å². The van der Waals surface area contributed by atoms with E-state index >= 15 is 0 Å². The van der Waals surface area contributed by atoms with Crippen LogP contribution in [-0.4, -0.2) is 10.9 Å². The van der Waals surface area contributed by atoms with E-state index in [1.54, 1.807) is 0 Å². The predicted molar refractivity (Wildman–Crippen MR) is 68.9 cm³/mol. The molecular weight excluding hydrogens is 212 g/mol. The maximum absolute atomic E-state index is 11.1. The molecule has 0 aliphatic rings. The van der Waals surface area contributed by atoms with Crippen molar-refractivity contribution in [3.63, 3.8) is 0 Å². The minimum absolute atomic E-state index is 0.244. The van der Waals surface area contributed by atoms with E-state index < -0.39 is 0 Å². The van der Waals surface area contributed by atoms with E-state index in [2.05, 4.69) is 24.0 Å². The standard InChI is InChI=1S/C14H16N2O/c1-8-4-11(7-13(15)17)14-12(5-8)9(2)6-10(3)16-14/h4-6H,7H2,1-3H3,(H2,15,17). The molecule has 17 heavy (non-hydrogen) atoms. The molecule has 3 heteroatoms. The first-order valence-electron chi connectivity index (χ1n) is 5.63. The molecule has 0 unspecified atom stereocenters. The van der Waals surface area contributed by atoms with Gasteiger partial charge in [-0.1, -0.05) is 11.6 Å². The van der Waals surface area contributed by atoms with Crippen LogP contribution in [0.3, 0.4) is 0 Å². The van der Waals surface area contributed by atoms with Crippen molar-refractivity contribution < 1.29 is 4.79 Å². The fourth-order valence-corrected chi connectivity index (χ4v) is 2.21. The third kappa shape index (κ3) is 2.28. The largest absolute Gasteiger partial charge is 0.369 e. The molecular formula is C14H16N2O. The highest BCUT2D eigenvalue weighted by Crippen LogP contribution is 2.23. The Morgan fingerprint density at radius 3 is 2.59 bits per heavy atom. The molecule has 1 aromatic heterocycles. The molecule has 0 aliphatic heterocycles. The molecule has 0 aliphatic carbocycles. The van der Waals surface area contributed by atoms with Crippen molar-refractivity contribution in [2.45, 2.75) is 27.2 Å². The van der Waals surface area contributed by atoms with Gasteiger partial charge in [0.05, 0.1) is 11.9 Å². The SMILES string of the molecule is Cc1cc(CC(N)=O)c2nc(C)cc(C)c2c1. The number of rotatable bonds is 2. The van der Waals surface area contributed by atoms with Crippen LogP contribution in [0.25, 0.3) is 10.9 Å². The molecule has 1 heterocycles. The molecule has 0 atom stereocenters. The third-order valence-electron chi connectivity index (χ3n) is 2.84. The van der Waals surface area contributed by atoms with Crippen molar-refractivity contribution in [2.24, 2.45) is 5.73 Å². The lowest BCUT2D eigenvalue weighted by Gasteiger charge is -2.09. The Morgan fingerprint density at radius 1 is 1.24 bits per heavy atom. The van der Waals surface area contributed by atoms with Gasteiger partial charge in [-0.05, 0) is 44.0 Å². The number of hydrogen-bond acceptors (Lipinski definition) is 2. The van der Waals surface area contributed by atoms with E-state index in [1.165, 1.54) is 5.56 Å². The van der Waals surface area contributed by atoms with Gasteiger partial charge in [-0.25, -0.2) is 0 Å². The normalized spacial score (nSPS) is 10.8. The lowest BCUT2D eigenvalue weighted by atomic mass is 10.00. The molecule has 0 radical (unpaired) electrons. The summed E-state index contributed by atoms with van der Waals surface area (Å²) >= 11 is 0. The second kappa shape index (κ2) is 4.17. The molecule has 1 amide bonds. The molecule has 2 rings (SSSR count). The van der Waals surface area contributed by atoms with Gasteiger partial charge in [0, 0.05) is 11.1 Å². The summed E-state index contributed by atoms with van der Waals surface area (Å²) in [7, 11) is 0. The van der Waals surface area contributed by atoms with Gasteiger partial charge < -0.3 is 5.73 Å². The van der Waals surface area contributed by atoms with Crippen molar-refractivity contribution in [3.8, 4) is 0 Å². The number of aromatic nitrogens is 1. The van der Waals surface area contributed by atoms with Gasteiger partial charge in [-0.2, -0.15) is 0 Å². The van der Waals surface area contributed by atoms with E-state index in [0.29, 0.717) is 0 Å². The Balaban J connectivity index is 2.77. The van der Waals surface area contributed by atoms with E-state index in [1.807, 2.05) is 19.9 Å². The summed E-state index contributed by atoms with van der Waals surface area (Å²) in [5.74, 6) is -0.321. The van der Waals surface area contributed by atoms with Crippen LogP contribution in [0.5, 0.6) is 0 Å². The van der Waals surface area contributed by atoms with Gasteiger partial charge in [0.25, 0.3) is 0 Å². The molecule has 0 fully saturated rings. The molecule has 0 bridgehead atoms. The summed E-state index contributed by atoms with van der Waals surface area (Å²) in [5.41, 5.74) is 10.4. The van der Waals surface area contributed by atoms with Crippen molar-refractivity contribution in [1.82, 2.24) is 4.98 Å². The molecule has 0 saturated heterocycles. The Labute approximate surface area is 101 Å². The minimum atomic E-state index is -0.321. The predicted octanol–water partition coefficient (Wildman–Crippen LogP) is 2.19. The zero-order valence-corrected chi connectivity index (χ0v) is 10.4. The molecule has 0 spiro atoms. The molecule has 88 valence electrons. The van der Waals surface area contributed by atoms with Gasteiger partial charge in [0.1, 0.15) is 0 Å². The van der Waals surface area contributed by atoms with E-state index in [-0.39, 0.29) is 12.3 Å². The maximum atomic E-state index is 11.1. The van der Waals surface area contributed by atoms with Crippen molar-refractivity contribution in [3.05, 3.63) is 40.6 Å². The highest BCUT2D eigenvalue weighted by molar-refractivity contribution is 5.89. The van der Waals surface area contributed by atoms with Crippen LogP contribution in [0.2, 0.25) is 0 Å². The highest BCUT2D eigenvalue weighted by Gasteiger charge is 2.09. The highest BCUT2D eigenvalue weighted by atomic mass is 16.1. The fraction of sp³-hybridized carbons (Fsp3) is 0.286. The summed E-state index contributed by atoms with van der Waals surface area (Å²) in [4.78, 5) is 15.6. The zero-order valence-electron chi connectivity index (χ0n) is 10.4. The number of benzene rings is 1. The fourth-order valence-electron chi connectivity index (χ4n) is 2.21. The topological polar surface area (TPSA) is 56.0 Å². The lowest BCUT2D eigenvalue weighted by molar-refractivity contribution is -0.117. The van der Waals surface area contributed by atoms with Crippen LogP contribution in [0.4, 0.5) is 0 Å². The number of fused-ring (bicyclic) bond motifs is 1. The smallest absolute Gasteiger partial charge is 0.221 e. The average molecular weight is 228 g/mol. The molecule has 0 saturated carbocycles. The molecule has 1 aromatic carbocycles. The molecule has 3 nitrogen and oxygen atoms in total. The first-order valence-corrected chi connectivity index (χ1v) is 5.63. The van der Waals surface area contributed by atoms with Gasteiger partial charge in [0.2, 0.25) is 5.91 Å². The van der Waals surface area contributed by atoms with Crippen LogP contribution in [0.1, 0.15) is 22.4 Å². The van der Waals surface area contributed by atoms with E-state index in [0.717, 1.165) is 27.7 Å². The number of carbonyl (C=O) groups is 1.